The molecule has 0 saturated carbocycles. The molecule has 2 aromatic carbocycles. The Kier molecular flexibility index (Phi) is 5.31. The molecule has 0 aliphatic rings. The predicted molar refractivity (Wildman–Crippen MR) is 97.2 cm³/mol. The minimum Gasteiger partial charge on any atom is -0.492 e. The Labute approximate surface area is 151 Å². The molecule has 0 saturated heterocycles. The van der Waals surface area contributed by atoms with Gasteiger partial charge in [-0.05, 0) is 43.3 Å². The van der Waals surface area contributed by atoms with E-state index in [0.717, 1.165) is 5.75 Å². The zero-order valence-electron chi connectivity index (χ0n) is 14.7. The molecule has 0 spiro atoms. The number of ether oxygens (including phenoxy) is 1. The summed E-state index contributed by atoms with van der Waals surface area (Å²) in [5.41, 5.74) is 2.25. The van der Waals surface area contributed by atoms with Crippen molar-refractivity contribution in [2.75, 3.05) is 20.2 Å². The van der Waals surface area contributed by atoms with Gasteiger partial charge in [0.2, 0.25) is 0 Å². The summed E-state index contributed by atoms with van der Waals surface area (Å²) in [5, 5.41) is 0. The maximum absolute atomic E-state index is 13.1. The summed E-state index contributed by atoms with van der Waals surface area (Å²) in [4.78, 5) is 18.3. The fourth-order valence-electron chi connectivity index (χ4n) is 2.49. The number of halogens is 1. The molecule has 3 rings (SSSR count). The third kappa shape index (κ3) is 4.08. The second-order valence-corrected chi connectivity index (χ2v) is 6.01. The highest BCUT2D eigenvalue weighted by Crippen LogP contribution is 2.14. The number of benzene rings is 2. The van der Waals surface area contributed by atoms with E-state index in [9.17, 15) is 9.18 Å². The molecule has 5 nitrogen and oxygen atoms in total. The van der Waals surface area contributed by atoms with Crippen molar-refractivity contribution in [2.45, 2.75) is 6.92 Å². The lowest BCUT2D eigenvalue weighted by molar-refractivity contribution is 0.0766. The van der Waals surface area contributed by atoms with Crippen LogP contribution in [-0.4, -0.2) is 40.6 Å². The lowest BCUT2D eigenvalue weighted by Gasteiger charge is -2.18. The number of carbonyl (C=O) groups excluding carboxylic acids is 1. The summed E-state index contributed by atoms with van der Waals surface area (Å²) in [7, 11) is 1.71. The molecule has 1 amide bonds. The van der Waals surface area contributed by atoms with Crippen LogP contribution in [0, 0.1) is 12.7 Å². The fraction of sp³-hybridized carbons (Fsp3) is 0.200. The van der Waals surface area contributed by atoms with Crippen molar-refractivity contribution in [3.05, 3.63) is 78.1 Å². The lowest BCUT2D eigenvalue weighted by atomic mass is 10.2. The van der Waals surface area contributed by atoms with Crippen LogP contribution in [0.4, 0.5) is 4.39 Å². The van der Waals surface area contributed by atoms with Crippen LogP contribution >= 0.6 is 0 Å². The molecular formula is C20H20FN3O2. The number of hydrogen-bond acceptors (Lipinski definition) is 3. The van der Waals surface area contributed by atoms with Crippen molar-refractivity contribution in [1.82, 2.24) is 14.5 Å². The van der Waals surface area contributed by atoms with Crippen LogP contribution in [-0.2, 0) is 0 Å². The van der Waals surface area contributed by atoms with Gasteiger partial charge in [-0.25, -0.2) is 9.37 Å². The predicted octanol–water partition coefficient (Wildman–Crippen LogP) is 3.47. The highest BCUT2D eigenvalue weighted by molar-refractivity contribution is 5.92. The molecular weight excluding hydrogens is 333 g/mol. The van der Waals surface area contributed by atoms with Gasteiger partial charge in [-0.15, -0.1) is 0 Å². The fourth-order valence-corrected chi connectivity index (χ4v) is 2.49. The minimum atomic E-state index is -0.327. The Morgan fingerprint density at radius 1 is 1.15 bits per heavy atom. The number of aryl methyl sites for hydroxylation is 1. The van der Waals surface area contributed by atoms with Crippen LogP contribution in [0.15, 0.2) is 61.1 Å². The van der Waals surface area contributed by atoms with Gasteiger partial charge in [0.1, 0.15) is 23.9 Å². The van der Waals surface area contributed by atoms with Gasteiger partial charge >= 0.3 is 0 Å². The molecule has 0 aliphatic carbocycles. The van der Waals surface area contributed by atoms with E-state index in [1.807, 2.05) is 31.2 Å². The summed E-state index contributed by atoms with van der Waals surface area (Å²) < 4.78 is 20.4. The number of imidazole rings is 1. The molecule has 0 unspecified atom stereocenters. The Morgan fingerprint density at radius 2 is 1.85 bits per heavy atom. The van der Waals surface area contributed by atoms with Crippen molar-refractivity contribution < 1.29 is 13.9 Å². The van der Waals surface area contributed by atoms with Crippen molar-refractivity contribution in [1.29, 1.82) is 0 Å². The molecule has 0 atom stereocenters. The standard InChI is InChI=1S/C20H20FN3O2/c1-15-3-9-18(10-4-15)26-12-11-23(2)20(25)19-13-22-14-24(19)17-7-5-16(21)6-8-17/h3-10,13-14H,11-12H2,1-2H3. The van der Waals surface area contributed by atoms with Gasteiger partial charge in [0.25, 0.3) is 5.91 Å². The number of aromatic nitrogens is 2. The highest BCUT2D eigenvalue weighted by atomic mass is 19.1. The average Bonchev–Trinajstić information content (AvgIpc) is 3.13. The molecule has 1 aromatic heterocycles. The van der Waals surface area contributed by atoms with E-state index >= 15 is 0 Å². The summed E-state index contributed by atoms with van der Waals surface area (Å²) in [6, 6.07) is 13.7. The number of nitrogens with zero attached hydrogens (tertiary/aromatic N) is 3. The van der Waals surface area contributed by atoms with E-state index < -0.39 is 0 Å². The van der Waals surface area contributed by atoms with Crippen LogP contribution in [0.25, 0.3) is 5.69 Å². The van der Waals surface area contributed by atoms with Crippen LogP contribution in [0.3, 0.4) is 0 Å². The third-order valence-corrected chi connectivity index (χ3v) is 4.03. The quantitative estimate of drug-likeness (QED) is 0.682. The van der Waals surface area contributed by atoms with Gasteiger partial charge in [-0.1, -0.05) is 17.7 Å². The van der Waals surface area contributed by atoms with Gasteiger partial charge in [0.05, 0.1) is 19.1 Å². The smallest absolute Gasteiger partial charge is 0.272 e. The van der Waals surface area contributed by atoms with Gasteiger partial charge in [-0.2, -0.15) is 0 Å². The largest absolute Gasteiger partial charge is 0.492 e. The molecule has 134 valence electrons. The Hall–Kier alpha value is -3.15. The van der Waals surface area contributed by atoms with Crippen molar-refractivity contribution in [3.63, 3.8) is 0 Å². The Morgan fingerprint density at radius 3 is 2.54 bits per heavy atom. The van der Waals surface area contributed by atoms with Crippen molar-refractivity contribution >= 4 is 5.91 Å². The summed E-state index contributed by atoms with van der Waals surface area (Å²) in [6.07, 6.45) is 3.04. The molecule has 0 fully saturated rings. The van der Waals surface area contributed by atoms with Gasteiger partial charge in [-0.3, -0.25) is 9.36 Å². The molecule has 6 heteroatoms. The number of hydrogen-bond donors (Lipinski definition) is 0. The van der Waals surface area contributed by atoms with E-state index in [2.05, 4.69) is 4.98 Å². The maximum Gasteiger partial charge on any atom is 0.272 e. The van der Waals surface area contributed by atoms with E-state index in [0.29, 0.717) is 24.5 Å². The van der Waals surface area contributed by atoms with E-state index in [1.54, 1.807) is 28.6 Å². The number of carbonyl (C=O) groups is 1. The minimum absolute atomic E-state index is 0.181. The van der Waals surface area contributed by atoms with E-state index in [1.165, 1.54) is 30.2 Å². The van der Waals surface area contributed by atoms with Crippen LogP contribution in [0.1, 0.15) is 16.1 Å². The van der Waals surface area contributed by atoms with Crippen LogP contribution < -0.4 is 4.74 Å². The lowest BCUT2D eigenvalue weighted by Crippen LogP contribution is -2.32. The molecule has 0 aliphatic heterocycles. The number of rotatable bonds is 6. The Balaban J connectivity index is 1.63. The topological polar surface area (TPSA) is 47.4 Å². The first-order valence-corrected chi connectivity index (χ1v) is 8.28. The average molecular weight is 353 g/mol. The molecule has 0 radical (unpaired) electrons. The van der Waals surface area contributed by atoms with Crippen LogP contribution in [0.5, 0.6) is 5.75 Å². The SMILES string of the molecule is Cc1ccc(OCCN(C)C(=O)c2cncn2-c2ccc(F)cc2)cc1. The molecule has 26 heavy (non-hydrogen) atoms. The van der Waals surface area contributed by atoms with E-state index in [4.69, 9.17) is 4.74 Å². The summed E-state index contributed by atoms with van der Waals surface area (Å²) >= 11 is 0. The first kappa shape index (κ1) is 17.7. The first-order valence-electron chi connectivity index (χ1n) is 8.28. The maximum atomic E-state index is 13.1. The van der Waals surface area contributed by atoms with Crippen molar-refractivity contribution in [2.24, 2.45) is 0 Å². The number of likely N-dealkylation sites (N-methyl/N-ethyl adjacent to an activating group) is 1. The van der Waals surface area contributed by atoms with Gasteiger partial charge in [0, 0.05) is 12.7 Å². The summed E-state index contributed by atoms with van der Waals surface area (Å²) in [6.45, 7) is 2.83. The van der Waals surface area contributed by atoms with Gasteiger partial charge in [0.15, 0.2) is 0 Å². The van der Waals surface area contributed by atoms with Crippen LogP contribution in [0.2, 0.25) is 0 Å². The number of amides is 1. The molecule has 0 bridgehead atoms. The highest BCUT2D eigenvalue weighted by Gasteiger charge is 2.17. The van der Waals surface area contributed by atoms with E-state index in [-0.39, 0.29) is 11.7 Å². The molecule has 0 N–H and O–H groups in total. The Bertz CT molecular complexity index is 873. The summed E-state index contributed by atoms with van der Waals surface area (Å²) in [5.74, 6) is 0.263. The zero-order chi connectivity index (χ0) is 18.5. The third-order valence-electron chi connectivity index (χ3n) is 4.03. The monoisotopic (exact) mass is 353 g/mol. The molecule has 1 heterocycles. The second kappa shape index (κ2) is 7.82. The normalized spacial score (nSPS) is 10.6. The van der Waals surface area contributed by atoms with Crippen molar-refractivity contribution in [3.8, 4) is 11.4 Å². The first-order chi connectivity index (χ1) is 12.5. The van der Waals surface area contributed by atoms with Gasteiger partial charge < -0.3 is 9.64 Å². The zero-order valence-corrected chi connectivity index (χ0v) is 14.7. The molecule has 3 aromatic rings. The second-order valence-electron chi connectivity index (χ2n) is 6.01.